The van der Waals surface area contributed by atoms with Crippen LogP contribution in [0.15, 0.2) is 35.1 Å². The van der Waals surface area contributed by atoms with Gasteiger partial charge >= 0.3 is 6.18 Å². The van der Waals surface area contributed by atoms with Crippen molar-refractivity contribution < 1.29 is 13.2 Å². The van der Waals surface area contributed by atoms with Gasteiger partial charge in [0, 0.05) is 12.7 Å². The van der Waals surface area contributed by atoms with Crippen molar-refractivity contribution >= 4 is 15.9 Å². The normalized spacial score (nSPS) is 11.8. The van der Waals surface area contributed by atoms with Gasteiger partial charge in [-0.2, -0.15) is 18.3 Å². The third-order valence-corrected chi connectivity index (χ3v) is 2.99. The molecule has 0 fully saturated rings. The highest BCUT2D eigenvalue weighted by Gasteiger charge is 2.33. The van der Waals surface area contributed by atoms with Crippen LogP contribution in [0.4, 0.5) is 13.2 Å². The maximum Gasteiger partial charge on any atom is 0.416 e. The van der Waals surface area contributed by atoms with Crippen LogP contribution in [0.3, 0.4) is 0 Å². The highest BCUT2D eigenvalue weighted by molar-refractivity contribution is 9.10. The summed E-state index contributed by atoms with van der Waals surface area (Å²) in [5.41, 5.74) is -0.0613. The summed E-state index contributed by atoms with van der Waals surface area (Å²) < 4.78 is 41.1. The lowest BCUT2D eigenvalue weighted by Gasteiger charge is -2.14. The minimum absolute atomic E-state index is 0.165. The van der Waals surface area contributed by atoms with Crippen molar-refractivity contribution in [1.29, 1.82) is 0 Å². The number of benzene rings is 1. The average molecular weight is 334 g/mol. The largest absolute Gasteiger partial charge is 0.416 e. The van der Waals surface area contributed by atoms with Crippen molar-refractivity contribution in [2.24, 2.45) is 0 Å². The van der Waals surface area contributed by atoms with Crippen molar-refractivity contribution in [3.63, 3.8) is 0 Å². The number of rotatable bonds is 3. The number of nitrogens with zero attached hydrogens (tertiary/aromatic N) is 2. The number of alkyl halides is 3. The van der Waals surface area contributed by atoms with Gasteiger partial charge < -0.3 is 5.32 Å². The second kappa shape index (κ2) is 5.34. The summed E-state index contributed by atoms with van der Waals surface area (Å²) in [6, 6.07) is 4.18. The van der Waals surface area contributed by atoms with Gasteiger partial charge in [0.05, 0.1) is 21.9 Å². The number of halogens is 4. The first-order valence-electron chi connectivity index (χ1n) is 5.47. The molecule has 19 heavy (non-hydrogen) atoms. The molecular weight excluding hydrogens is 323 g/mol. The van der Waals surface area contributed by atoms with E-state index >= 15 is 0 Å². The monoisotopic (exact) mass is 333 g/mol. The maximum absolute atomic E-state index is 13.0. The predicted molar refractivity (Wildman–Crippen MR) is 69.0 cm³/mol. The van der Waals surface area contributed by atoms with Crippen molar-refractivity contribution in [2.45, 2.75) is 12.7 Å². The SMILES string of the molecule is CNCc1ccc(-n2cc(Br)cn2)cc1C(F)(F)F. The molecule has 2 rings (SSSR count). The van der Waals surface area contributed by atoms with Gasteiger partial charge in [-0.3, -0.25) is 0 Å². The van der Waals surface area contributed by atoms with E-state index in [0.29, 0.717) is 10.2 Å². The lowest BCUT2D eigenvalue weighted by Crippen LogP contribution is -2.15. The van der Waals surface area contributed by atoms with Crippen LogP contribution in [0.2, 0.25) is 0 Å². The third kappa shape index (κ3) is 3.16. The Morgan fingerprint density at radius 3 is 2.63 bits per heavy atom. The molecule has 1 N–H and O–H groups in total. The predicted octanol–water partition coefficient (Wildman–Crippen LogP) is 3.37. The van der Waals surface area contributed by atoms with E-state index in [0.717, 1.165) is 6.07 Å². The molecule has 0 spiro atoms. The van der Waals surface area contributed by atoms with Gasteiger partial charge in [-0.05, 0) is 40.7 Å². The highest BCUT2D eigenvalue weighted by atomic mass is 79.9. The zero-order chi connectivity index (χ0) is 14.0. The van der Waals surface area contributed by atoms with E-state index in [9.17, 15) is 13.2 Å². The third-order valence-electron chi connectivity index (χ3n) is 2.58. The molecule has 2 aromatic rings. The van der Waals surface area contributed by atoms with E-state index in [-0.39, 0.29) is 12.1 Å². The topological polar surface area (TPSA) is 29.9 Å². The van der Waals surface area contributed by atoms with E-state index < -0.39 is 11.7 Å². The molecule has 0 amide bonds. The first-order chi connectivity index (χ1) is 8.91. The zero-order valence-corrected chi connectivity index (χ0v) is 11.6. The van der Waals surface area contributed by atoms with Crippen molar-refractivity contribution in [3.05, 3.63) is 46.2 Å². The summed E-state index contributed by atoms with van der Waals surface area (Å²) in [7, 11) is 1.61. The Bertz CT molecular complexity index is 578. The quantitative estimate of drug-likeness (QED) is 0.933. The second-order valence-corrected chi connectivity index (χ2v) is 4.89. The first-order valence-corrected chi connectivity index (χ1v) is 6.26. The molecule has 0 radical (unpaired) electrons. The molecule has 0 unspecified atom stereocenters. The van der Waals surface area contributed by atoms with Crippen LogP contribution < -0.4 is 5.32 Å². The van der Waals surface area contributed by atoms with Crippen LogP contribution in [0.25, 0.3) is 5.69 Å². The Kier molecular flexibility index (Phi) is 3.96. The number of hydrogen-bond acceptors (Lipinski definition) is 2. The van der Waals surface area contributed by atoms with E-state index in [1.165, 1.54) is 16.9 Å². The Hall–Kier alpha value is -1.34. The van der Waals surface area contributed by atoms with E-state index in [4.69, 9.17) is 0 Å². The standard InChI is InChI=1S/C12H11BrF3N3/c1-17-5-8-2-3-10(4-11(8)12(14,15)16)19-7-9(13)6-18-19/h2-4,6-7,17H,5H2,1H3. The Balaban J connectivity index is 2.49. The fourth-order valence-electron chi connectivity index (χ4n) is 1.76. The van der Waals surface area contributed by atoms with Crippen molar-refractivity contribution in [3.8, 4) is 5.69 Å². The molecule has 1 heterocycles. The van der Waals surface area contributed by atoms with Gasteiger partial charge in [-0.15, -0.1) is 0 Å². The van der Waals surface area contributed by atoms with Crippen molar-refractivity contribution in [1.82, 2.24) is 15.1 Å². The molecule has 0 bridgehead atoms. The van der Waals surface area contributed by atoms with E-state index in [1.807, 2.05) is 0 Å². The minimum Gasteiger partial charge on any atom is -0.316 e. The summed E-state index contributed by atoms with van der Waals surface area (Å²) in [6.07, 6.45) is -1.26. The summed E-state index contributed by atoms with van der Waals surface area (Å²) >= 11 is 3.21. The van der Waals surface area contributed by atoms with Crippen LogP contribution >= 0.6 is 15.9 Å². The van der Waals surface area contributed by atoms with Gasteiger partial charge in [0.2, 0.25) is 0 Å². The molecule has 7 heteroatoms. The molecule has 1 aromatic carbocycles. The van der Waals surface area contributed by atoms with Gasteiger partial charge in [-0.25, -0.2) is 4.68 Å². The van der Waals surface area contributed by atoms with Crippen LogP contribution in [0.5, 0.6) is 0 Å². The lowest BCUT2D eigenvalue weighted by atomic mass is 10.1. The van der Waals surface area contributed by atoms with Gasteiger partial charge in [0.25, 0.3) is 0 Å². The summed E-state index contributed by atoms with van der Waals surface area (Å²) in [5, 5.41) is 6.70. The molecule has 0 atom stereocenters. The summed E-state index contributed by atoms with van der Waals surface area (Å²) in [4.78, 5) is 0. The molecule has 0 saturated heterocycles. The summed E-state index contributed by atoms with van der Waals surface area (Å²) in [6.45, 7) is 0.165. The van der Waals surface area contributed by atoms with Gasteiger partial charge in [0.15, 0.2) is 0 Å². The molecule has 1 aromatic heterocycles. The number of aromatic nitrogens is 2. The van der Waals surface area contributed by atoms with Crippen LogP contribution in [-0.4, -0.2) is 16.8 Å². The lowest BCUT2D eigenvalue weighted by molar-refractivity contribution is -0.138. The summed E-state index contributed by atoms with van der Waals surface area (Å²) in [5.74, 6) is 0. The minimum atomic E-state index is -4.38. The first kappa shape index (κ1) is 14.1. The van der Waals surface area contributed by atoms with Crippen LogP contribution in [-0.2, 0) is 12.7 Å². The number of nitrogens with one attached hydrogen (secondary N) is 1. The average Bonchev–Trinajstić information content (AvgIpc) is 2.75. The van der Waals surface area contributed by atoms with E-state index in [1.54, 1.807) is 19.3 Å². The second-order valence-electron chi connectivity index (χ2n) is 3.97. The Morgan fingerprint density at radius 2 is 2.11 bits per heavy atom. The smallest absolute Gasteiger partial charge is 0.316 e. The molecule has 0 saturated carbocycles. The maximum atomic E-state index is 13.0. The van der Waals surface area contributed by atoms with Crippen molar-refractivity contribution in [2.75, 3.05) is 7.05 Å². The highest BCUT2D eigenvalue weighted by Crippen LogP contribution is 2.33. The van der Waals surface area contributed by atoms with Gasteiger partial charge in [0.1, 0.15) is 0 Å². The molecular formula is C12H11BrF3N3. The number of hydrogen-bond donors (Lipinski definition) is 1. The fourth-order valence-corrected chi connectivity index (χ4v) is 2.04. The van der Waals surface area contributed by atoms with Gasteiger partial charge in [-0.1, -0.05) is 6.07 Å². The van der Waals surface area contributed by atoms with Crippen LogP contribution in [0.1, 0.15) is 11.1 Å². The van der Waals surface area contributed by atoms with E-state index in [2.05, 4.69) is 26.3 Å². The Morgan fingerprint density at radius 1 is 1.37 bits per heavy atom. The Labute approximate surface area is 116 Å². The van der Waals surface area contributed by atoms with Crippen LogP contribution in [0, 0.1) is 0 Å². The molecule has 0 aliphatic heterocycles. The zero-order valence-electron chi connectivity index (χ0n) is 10.0. The molecule has 3 nitrogen and oxygen atoms in total. The fraction of sp³-hybridized carbons (Fsp3) is 0.250. The molecule has 102 valence electrons. The molecule has 0 aliphatic carbocycles. The molecule has 0 aliphatic rings.